The van der Waals surface area contributed by atoms with Crippen LogP contribution in [0.5, 0.6) is 0 Å². The second-order valence-electron chi connectivity index (χ2n) is 7.21. The Kier molecular flexibility index (Phi) is 5.64. The lowest BCUT2D eigenvalue weighted by molar-refractivity contribution is -0.135. The molecule has 0 radical (unpaired) electrons. The van der Waals surface area contributed by atoms with Crippen LogP contribution in [0.2, 0.25) is 0 Å². The van der Waals surface area contributed by atoms with Crippen molar-refractivity contribution in [2.24, 2.45) is 5.92 Å². The van der Waals surface area contributed by atoms with Gasteiger partial charge in [0, 0.05) is 29.5 Å². The Morgan fingerprint density at radius 2 is 1.78 bits per heavy atom. The molecule has 1 saturated heterocycles. The van der Waals surface area contributed by atoms with Crippen molar-refractivity contribution in [3.05, 3.63) is 33.8 Å². The van der Waals surface area contributed by atoms with Crippen LogP contribution in [0.3, 0.4) is 0 Å². The number of nitrogens with one attached hydrogen (secondary N) is 1. The summed E-state index contributed by atoms with van der Waals surface area (Å²) >= 11 is 3.28. The van der Waals surface area contributed by atoms with Gasteiger partial charge in [0.1, 0.15) is 6.54 Å². The van der Waals surface area contributed by atoms with Crippen molar-refractivity contribution in [3.63, 3.8) is 0 Å². The highest BCUT2D eigenvalue weighted by atomic mass is 79.9. The second kappa shape index (κ2) is 7.80. The first-order chi connectivity index (χ1) is 12.8. The van der Waals surface area contributed by atoms with Crippen molar-refractivity contribution in [1.82, 2.24) is 15.1 Å². The maximum atomic E-state index is 12.4. The zero-order chi connectivity index (χ0) is 19.7. The Bertz CT molecular complexity index is 800. The molecule has 1 aromatic rings. The zero-order valence-corrected chi connectivity index (χ0v) is 16.9. The number of fused-ring (bicyclic) bond motifs is 1. The zero-order valence-electron chi connectivity index (χ0n) is 15.3. The summed E-state index contributed by atoms with van der Waals surface area (Å²) in [5.41, 5.74) is 0.624. The van der Waals surface area contributed by atoms with Gasteiger partial charge in [0.25, 0.3) is 11.8 Å². The molecule has 7 nitrogen and oxygen atoms in total. The van der Waals surface area contributed by atoms with Crippen LogP contribution >= 0.6 is 15.9 Å². The molecular formula is C19H22BrN3O4. The van der Waals surface area contributed by atoms with Crippen LogP contribution in [-0.4, -0.2) is 59.1 Å². The fourth-order valence-electron chi connectivity index (χ4n) is 3.43. The lowest BCUT2D eigenvalue weighted by Crippen LogP contribution is -2.50. The van der Waals surface area contributed by atoms with E-state index in [1.54, 1.807) is 18.2 Å². The summed E-state index contributed by atoms with van der Waals surface area (Å²) < 4.78 is 0.705. The highest BCUT2D eigenvalue weighted by molar-refractivity contribution is 9.10. The van der Waals surface area contributed by atoms with E-state index in [-0.39, 0.29) is 30.3 Å². The predicted molar refractivity (Wildman–Crippen MR) is 102 cm³/mol. The fraction of sp³-hybridized carbons (Fsp3) is 0.474. The van der Waals surface area contributed by atoms with Gasteiger partial charge in [-0.1, -0.05) is 29.8 Å². The van der Waals surface area contributed by atoms with E-state index in [2.05, 4.69) is 21.2 Å². The van der Waals surface area contributed by atoms with Crippen LogP contribution in [0.4, 0.5) is 0 Å². The number of hydrogen-bond donors (Lipinski definition) is 1. The molecule has 0 spiro atoms. The van der Waals surface area contributed by atoms with Gasteiger partial charge in [-0.05, 0) is 31.0 Å². The second-order valence-corrected chi connectivity index (χ2v) is 8.12. The molecule has 0 aromatic heterocycles. The van der Waals surface area contributed by atoms with E-state index in [1.807, 2.05) is 18.7 Å². The average molecular weight is 436 g/mol. The maximum Gasteiger partial charge on any atom is 0.262 e. The minimum absolute atomic E-state index is 0.0370. The van der Waals surface area contributed by atoms with Crippen LogP contribution in [0.15, 0.2) is 22.7 Å². The van der Waals surface area contributed by atoms with Crippen molar-refractivity contribution < 1.29 is 19.2 Å². The van der Waals surface area contributed by atoms with Gasteiger partial charge in [-0.3, -0.25) is 24.1 Å². The third-order valence-corrected chi connectivity index (χ3v) is 5.39. The maximum absolute atomic E-state index is 12.4. The Balaban J connectivity index is 1.54. The summed E-state index contributed by atoms with van der Waals surface area (Å²) in [4.78, 5) is 52.0. The average Bonchev–Trinajstić information content (AvgIpc) is 2.86. The smallest absolute Gasteiger partial charge is 0.262 e. The van der Waals surface area contributed by atoms with Crippen LogP contribution in [0, 0.1) is 5.92 Å². The first-order valence-electron chi connectivity index (χ1n) is 9.02. The monoisotopic (exact) mass is 435 g/mol. The van der Waals surface area contributed by atoms with Crippen LogP contribution in [-0.2, 0) is 9.59 Å². The summed E-state index contributed by atoms with van der Waals surface area (Å²) in [7, 11) is 0. The Hall–Kier alpha value is -2.22. The van der Waals surface area contributed by atoms with Gasteiger partial charge in [-0.25, -0.2) is 0 Å². The molecule has 8 heteroatoms. The van der Waals surface area contributed by atoms with E-state index in [9.17, 15) is 19.2 Å². The number of imide groups is 1. The quantitative estimate of drug-likeness (QED) is 0.730. The van der Waals surface area contributed by atoms with Gasteiger partial charge in [-0.15, -0.1) is 0 Å². The third kappa shape index (κ3) is 4.05. The van der Waals surface area contributed by atoms with Crippen LogP contribution in [0.1, 0.15) is 47.4 Å². The highest BCUT2D eigenvalue weighted by Gasteiger charge is 2.37. The molecule has 2 aliphatic rings. The lowest BCUT2D eigenvalue weighted by Gasteiger charge is -2.33. The van der Waals surface area contributed by atoms with Crippen molar-refractivity contribution in [3.8, 4) is 0 Å². The van der Waals surface area contributed by atoms with Crippen molar-refractivity contribution in [1.29, 1.82) is 0 Å². The summed E-state index contributed by atoms with van der Waals surface area (Å²) in [5, 5.41) is 2.88. The van der Waals surface area contributed by atoms with E-state index in [4.69, 9.17) is 0 Å². The number of carbonyl (C=O) groups is 4. The molecule has 144 valence electrons. The third-order valence-electron chi connectivity index (χ3n) is 4.90. The van der Waals surface area contributed by atoms with Crippen molar-refractivity contribution in [2.45, 2.75) is 32.7 Å². The number of amides is 4. The Morgan fingerprint density at radius 1 is 1.15 bits per heavy atom. The number of hydrogen-bond acceptors (Lipinski definition) is 4. The molecular weight excluding hydrogens is 414 g/mol. The van der Waals surface area contributed by atoms with Crippen LogP contribution in [0.25, 0.3) is 0 Å². The summed E-state index contributed by atoms with van der Waals surface area (Å²) in [5.74, 6) is -1.18. The highest BCUT2D eigenvalue weighted by Crippen LogP contribution is 2.25. The van der Waals surface area contributed by atoms with E-state index >= 15 is 0 Å². The Morgan fingerprint density at radius 3 is 2.41 bits per heavy atom. The van der Waals surface area contributed by atoms with Crippen molar-refractivity contribution in [2.75, 3.05) is 19.6 Å². The van der Waals surface area contributed by atoms with Gasteiger partial charge in [0.2, 0.25) is 11.8 Å². The summed E-state index contributed by atoms with van der Waals surface area (Å²) in [6.07, 6.45) is 1.33. The minimum Gasteiger partial charge on any atom is -0.352 e. The molecule has 0 atom stereocenters. The molecule has 2 aliphatic heterocycles. The van der Waals surface area contributed by atoms with E-state index < -0.39 is 11.8 Å². The van der Waals surface area contributed by atoms with Gasteiger partial charge in [0.05, 0.1) is 11.1 Å². The molecule has 2 heterocycles. The summed E-state index contributed by atoms with van der Waals surface area (Å²) in [6, 6.07) is 4.81. The number of halogens is 1. The molecule has 27 heavy (non-hydrogen) atoms. The van der Waals surface area contributed by atoms with Gasteiger partial charge < -0.3 is 10.2 Å². The van der Waals surface area contributed by atoms with Gasteiger partial charge in [-0.2, -0.15) is 0 Å². The van der Waals surface area contributed by atoms with Crippen molar-refractivity contribution >= 4 is 39.6 Å². The summed E-state index contributed by atoms with van der Waals surface area (Å²) in [6.45, 7) is 4.65. The molecule has 0 unspecified atom stereocenters. The molecule has 4 amide bonds. The molecule has 1 fully saturated rings. The molecule has 0 saturated carbocycles. The van der Waals surface area contributed by atoms with Crippen LogP contribution < -0.4 is 5.32 Å². The van der Waals surface area contributed by atoms with E-state index in [0.29, 0.717) is 41.5 Å². The molecule has 0 aliphatic carbocycles. The van der Waals surface area contributed by atoms with E-state index in [0.717, 1.165) is 4.90 Å². The first-order valence-corrected chi connectivity index (χ1v) is 9.81. The predicted octanol–water partition coefficient (Wildman–Crippen LogP) is 1.81. The number of carbonyl (C=O) groups excluding carboxylic acids is 4. The van der Waals surface area contributed by atoms with Gasteiger partial charge >= 0.3 is 0 Å². The fourth-order valence-corrected chi connectivity index (χ4v) is 3.79. The normalized spacial score (nSPS) is 17.5. The lowest BCUT2D eigenvalue weighted by atomic mass is 10.0. The largest absolute Gasteiger partial charge is 0.352 e. The number of benzene rings is 1. The Labute approximate surface area is 166 Å². The molecule has 3 rings (SSSR count). The van der Waals surface area contributed by atoms with Gasteiger partial charge in [0.15, 0.2) is 0 Å². The topological polar surface area (TPSA) is 86.8 Å². The SMILES string of the molecule is CC(C)C(=O)N1CCC(NC(=O)CN2C(=O)c3ccc(Br)cc3C2=O)CC1. The number of piperidine rings is 1. The number of likely N-dealkylation sites (tertiary alicyclic amines) is 1. The minimum atomic E-state index is -0.455. The standard InChI is InChI=1S/C19H22BrN3O4/c1-11(2)17(25)22-7-5-13(6-8-22)21-16(24)10-23-18(26)14-4-3-12(20)9-15(14)19(23)27/h3-4,9,11,13H,5-8,10H2,1-2H3,(H,21,24). The van der Waals surface area contributed by atoms with E-state index in [1.165, 1.54) is 0 Å². The molecule has 1 N–H and O–H groups in total. The molecule has 0 bridgehead atoms. The number of rotatable bonds is 4. The first kappa shape index (κ1) is 19.5. The number of nitrogens with zero attached hydrogens (tertiary/aromatic N) is 2. The molecule has 1 aromatic carbocycles.